The quantitative estimate of drug-likeness (QED) is 0.160. The average Bonchev–Trinajstić information content (AvgIpc) is 3.55. The van der Waals surface area contributed by atoms with Crippen LogP contribution in [-0.4, -0.2) is 43.9 Å². The standard InChI is InChI=1S/C32H33N5O4/c1-18(2)15-27(36-30(38)24-13-8-10-20-9-4-5-11-22(20)24)31(39)35-26(29-34-19(3)28(37-29)32(40)41)16-21-17-33-25-14-7-6-12-23(21)25/h4-14,17-18,26-27,33H,15-16H2,1-3H3,(H,34,37)(H,35,39)(H,36,38)(H,40,41)/t26-,27?/m1/s1. The summed E-state index contributed by atoms with van der Waals surface area (Å²) in [7, 11) is 0. The molecule has 3 aromatic carbocycles. The lowest BCUT2D eigenvalue weighted by Gasteiger charge is -2.24. The number of amides is 2. The summed E-state index contributed by atoms with van der Waals surface area (Å²) in [5, 5.41) is 18.3. The van der Waals surface area contributed by atoms with E-state index in [2.05, 4.69) is 25.6 Å². The number of aromatic carboxylic acids is 1. The minimum atomic E-state index is -1.15. The molecule has 1 unspecified atom stereocenters. The lowest BCUT2D eigenvalue weighted by Crippen LogP contribution is -2.48. The number of carboxylic acids is 1. The molecule has 0 aliphatic rings. The number of fused-ring (bicyclic) bond motifs is 2. The third-order valence-electron chi connectivity index (χ3n) is 7.21. The molecule has 2 amide bonds. The molecule has 2 aromatic heterocycles. The van der Waals surface area contributed by atoms with Crippen molar-refractivity contribution in [2.75, 3.05) is 0 Å². The number of carbonyl (C=O) groups is 3. The predicted octanol–water partition coefficient (Wildman–Crippen LogP) is 5.30. The number of aromatic nitrogens is 3. The van der Waals surface area contributed by atoms with E-state index in [0.717, 1.165) is 27.2 Å². The highest BCUT2D eigenvalue weighted by Gasteiger charge is 2.29. The Kier molecular flexibility index (Phi) is 7.87. The Morgan fingerprint density at radius 3 is 2.37 bits per heavy atom. The summed E-state index contributed by atoms with van der Waals surface area (Å²) in [6, 6.07) is 19.5. The molecule has 41 heavy (non-hydrogen) atoms. The van der Waals surface area contributed by atoms with Gasteiger partial charge < -0.3 is 25.7 Å². The van der Waals surface area contributed by atoms with Gasteiger partial charge in [0.1, 0.15) is 11.9 Å². The molecule has 2 heterocycles. The molecule has 0 radical (unpaired) electrons. The van der Waals surface area contributed by atoms with Crippen LogP contribution < -0.4 is 10.6 Å². The monoisotopic (exact) mass is 551 g/mol. The van der Waals surface area contributed by atoms with Crippen molar-refractivity contribution in [2.24, 2.45) is 5.92 Å². The van der Waals surface area contributed by atoms with E-state index in [9.17, 15) is 19.5 Å². The number of imidazole rings is 1. The highest BCUT2D eigenvalue weighted by atomic mass is 16.4. The van der Waals surface area contributed by atoms with E-state index >= 15 is 0 Å². The van der Waals surface area contributed by atoms with Crippen LogP contribution >= 0.6 is 0 Å². The van der Waals surface area contributed by atoms with Crippen molar-refractivity contribution < 1.29 is 19.5 Å². The third-order valence-corrected chi connectivity index (χ3v) is 7.21. The van der Waals surface area contributed by atoms with Crippen LogP contribution in [0, 0.1) is 12.8 Å². The minimum Gasteiger partial charge on any atom is -0.476 e. The second-order valence-corrected chi connectivity index (χ2v) is 10.7. The van der Waals surface area contributed by atoms with E-state index in [4.69, 9.17) is 0 Å². The van der Waals surface area contributed by atoms with Gasteiger partial charge >= 0.3 is 5.97 Å². The maximum atomic E-state index is 13.8. The van der Waals surface area contributed by atoms with Gasteiger partial charge in [0.15, 0.2) is 5.69 Å². The molecule has 9 nitrogen and oxygen atoms in total. The fourth-order valence-electron chi connectivity index (χ4n) is 5.23. The molecule has 5 N–H and O–H groups in total. The maximum absolute atomic E-state index is 13.8. The van der Waals surface area contributed by atoms with Gasteiger partial charge in [-0.2, -0.15) is 0 Å². The first-order valence-electron chi connectivity index (χ1n) is 13.6. The number of hydrogen-bond acceptors (Lipinski definition) is 4. The summed E-state index contributed by atoms with van der Waals surface area (Å²) in [5.41, 5.74) is 2.69. The smallest absolute Gasteiger partial charge is 0.356 e. The average molecular weight is 552 g/mol. The summed E-state index contributed by atoms with van der Waals surface area (Å²) in [6.45, 7) is 5.61. The fourth-order valence-corrected chi connectivity index (χ4v) is 5.23. The molecule has 0 saturated carbocycles. The molecule has 2 atom stereocenters. The Labute approximate surface area is 237 Å². The number of carbonyl (C=O) groups excluding carboxylic acids is 2. The zero-order valence-electron chi connectivity index (χ0n) is 23.2. The molecule has 0 spiro atoms. The molecule has 0 aliphatic heterocycles. The van der Waals surface area contributed by atoms with Crippen LogP contribution in [0.3, 0.4) is 0 Å². The Hall–Kier alpha value is -4.92. The molecule has 5 rings (SSSR count). The highest BCUT2D eigenvalue weighted by Crippen LogP contribution is 2.25. The van der Waals surface area contributed by atoms with Crippen molar-refractivity contribution in [3.05, 3.63) is 101 Å². The van der Waals surface area contributed by atoms with Crippen LogP contribution in [0.4, 0.5) is 0 Å². The van der Waals surface area contributed by atoms with Crippen LogP contribution in [0.5, 0.6) is 0 Å². The van der Waals surface area contributed by atoms with Gasteiger partial charge in [-0.3, -0.25) is 9.59 Å². The van der Waals surface area contributed by atoms with Crippen LogP contribution in [0.25, 0.3) is 21.7 Å². The highest BCUT2D eigenvalue weighted by molar-refractivity contribution is 6.08. The minimum absolute atomic E-state index is 0.0961. The zero-order valence-corrected chi connectivity index (χ0v) is 23.2. The molecule has 0 bridgehead atoms. The SMILES string of the molecule is Cc1[nH]c([C@@H](Cc2c[nH]c3ccccc23)NC(=O)C(CC(C)C)NC(=O)c2cccc3ccccc23)nc1C(=O)O. The summed E-state index contributed by atoms with van der Waals surface area (Å²) in [4.78, 5) is 49.6. The summed E-state index contributed by atoms with van der Waals surface area (Å²) < 4.78 is 0. The van der Waals surface area contributed by atoms with Crippen molar-refractivity contribution in [1.29, 1.82) is 0 Å². The number of nitrogens with one attached hydrogen (secondary N) is 4. The van der Waals surface area contributed by atoms with E-state index in [-0.39, 0.29) is 23.4 Å². The molecular formula is C32H33N5O4. The molecule has 0 fully saturated rings. The summed E-state index contributed by atoms with van der Waals surface area (Å²) in [6.07, 6.45) is 2.65. The van der Waals surface area contributed by atoms with Crippen LogP contribution in [-0.2, 0) is 11.2 Å². The van der Waals surface area contributed by atoms with Gasteiger partial charge in [0.25, 0.3) is 5.91 Å². The second-order valence-electron chi connectivity index (χ2n) is 10.7. The molecule has 9 heteroatoms. The number of carboxylic acid groups (broad SMARTS) is 1. The Bertz CT molecular complexity index is 1730. The molecule has 0 aliphatic carbocycles. The zero-order chi connectivity index (χ0) is 29.1. The van der Waals surface area contributed by atoms with Gasteiger partial charge in [0.2, 0.25) is 5.91 Å². The molecular weight excluding hydrogens is 518 g/mol. The first-order valence-corrected chi connectivity index (χ1v) is 13.6. The number of hydrogen-bond donors (Lipinski definition) is 5. The van der Waals surface area contributed by atoms with Crippen LogP contribution in [0.2, 0.25) is 0 Å². The summed E-state index contributed by atoms with van der Waals surface area (Å²) in [5.74, 6) is -1.40. The van der Waals surface area contributed by atoms with Gasteiger partial charge in [0, 0.05) is 34.8 Å². The second kappa shape index (κ2) is 11.7. The first-order chi connectivity index (χ1) is 19.7. The molecule has 0 saturated heterocycles. The number of aromatic amines is 2. The van der Waals surface area contributed by atoms with Gasteiger partial charge in [-0.1, -0.05) is 68.4 Å². The number of para-hydroxylation sites is 1. The summed E-state index contributed by atoms with van der Waals surface area (Å²) >= 11 is 0. The van der Waals surface area contributed by atoms with Gasteiger partial charge in [-0.25, -0.2) is 9.78 Å². The largest absolute Gasteiger partial charge is 0.476 e. The maximum Gasteiger partial charge on any atom is 0.356 e. The lowest BCUT2D eigenvalue weighted by atomic mass is 9.99. The number of nitrogens with zero attached hydrogens (tertiary/aromatic N) is 1. The Balaban J connectivity index is 1.44. The molecule has 5 aromatic rings. The predicted molar refractivity (Wildman–Crippen MR) is 158 cm³/mol. The van der Waals surface area contributed by atoms with E-state index < -0.39 is 18.1 Å². The Morgan fingerprint density at radius 1 is 0.927 bits per heavy atom. The third kappa shape index (κ3) is 5.99. The fraction of sp³-hybridized carbons (Fsp3) is 0.250. The topological polar surface area (TPSA) is 140 Å². The van der Waals surface area contributed by atoms with E-state index in [1.54, 1.807) is 13.0 Å². The van der Waals surface area contributed by atoms with E-state index in [1.807, 2.05) is 80.7 Å². The van der Waals surface area contributed by atoms with Gasteiger partial charge in [-0.05, 0) is 47.7 Å². The Morgan fingerprint density at radius 2 is 1.63 bits per heavy atom. The molecule has 210 valence electrons. The van der Waals surface area contributed by atoms with Crippen molar-refractivity contribution in [3.8, 4) is 0 Å². The van der Waals surface area contributed by atoms with Gasteiger partial charge in [-0.15, -0.1) is 0 Å². The van der Waals surface area contributed by atoms with Crippen molar-refractivity contribution in [1.82, 2.24) is 25.6 Å². The van der Waals surface area contributed by atoms with Crippen LogP contribution in [0.1, 0.15) is 64.2 Å². The van der Waals surface area contributed by atoms with Crippen LogP contribution in [0.15, 0.2) is 72.9 Å². The first kappa shape index (κ1) is 27.6. The van der Waals surface area contributed by atoms with Crippen molar-refractivity contribution in [3.63, 3.8) is 0 Å². The van der Waals surface area contributed by atoms with E-state index in [1.165, 1.54) is 0 Å². The number of aryl methyl sites for hydroxylation is 1. The number of H-pyrrole nitrogens is 2. The van der Waals surface area contributed by atoms with Crippen molar-refractivity contribution >= 4 is 39.5 Å². The van der Waals surface area contributed by atoms with Crippen molar-refractivity contribution in [2.45, 2.75) is 45.7 Å². The number of rotatable bonds is 10. The van der Waals surface area contributed by atoms with E-state index in [0.29, 0.717) is 29.9 Å². The lowest BCUT2D eigenvalue weighted by molar-refractivity contribution is -0.124. The van der Waals surface area contributed by atoms with Gasteiger partial charge in [0.05, 0.1) is 6.04 Å². The normalized spacial score (nSPS) is 12.9. The number of benzene rings is 3.